The van der Waals surface area contributed by atoms with Crippen molar-refractivity contribution in [3.8, 4) is 0 Å². The van der Waals surface area contributed by atoms with Crippen LogP contribution in [0.5, 0.6) is 0 Å². The Bertz CT molecular complexity index is 13.5. The monoisotopic (exact) mass is 147 g/mol. The predicted molar refractivity (Wildman–Crippen MR) is 12.8 cm³/mol. The standard InChI is InChI=1S/C2H4O.Rh/c1-2-3;/h2-3H,1H2;. The van der Waals surface area contributed by atoms with Gasteiger partial charge in [0.25, 0.3) is 0 Å². The normalized spacial score (nSPS) is 3.00. The van der Waals surface area contributed by atoms with Crippen LogP contribution < -0.4 is 0 Å². The number of aliphatic hydroxyl groups is 1. The van der Waals surface area contributed by atoms with Crippen LogP contribution in [0.4, 0.5) is 0 Å². The fraction of sp³-hybridized carbons (Fsp3) is 0. The van der Waals surface area contributed by atoms with E-state index >= 15 is 0 Å². The molecule has 0 saturated heterocycles. The molecule has 0 aliphatic heterocycles. The molecule has 0 saturated carbocycles. The first kappa shape index (κ1) is 8.90. The fourth-order valence-electron chi connectivity index (χ4n) is 0. The van der Waals surface area contributed by atoms with Crippen molar-refractivity contribution < 1.29 is 24.6 Å². The quantitative estimate of drug-likeness (QED) is 0.394. The van der Waals surface area contributed by atoms with Crippen LogP contribution in [-0.4, -0.2) is 5.11 Å². The average molecular weight is 147 g/mol. The Hall–Kier alpha value is 0.163. The summed E-state index contributed by atoms with van der Waals surface area (Å²) in [6.07, 6.45) is 0.750. The summed E-state index contributed by atoms with van der Waals surface area (Å²) in [5.74, 6) is 0. The SMILES string of the molecule is C=CO.[Rh]. The van der Waals surface area contributed by atoms with Crippen LogP contribution in [0.2, 0.25) is 0 Å². The summed E-state index contributed by atoms with van der Waals surface area (Å²) in [5, 5.41) is 7.33. The minimum Gasteiger partial charge on any atom is -0.516 e. The number of hydrogen-bond acceptors (Lipinski definition) is 1. The van der Waals surface area contributed by atoms with Gasteiger partial charge in [0.15, 0.2) is 0 Å². The van der Waals surface area contributed by atoms with Crippen LogP contribution in [-0.2, 0) is 19.5 Å². The van der Waals surface area contributed by atoms with Crippen LogP contribution in [0.1, 0.15) is 0 Å². The summed E-state index contributed by atoms with van der Waals surface area (Å²) in [5.41, 5.74) is 0. The molecule has 0 heterocycles. The van der Waals surface area contributed by atoms with Gasteiger partial charge in [0.2, 0.25) is 0 Å². The molecule has 4 heavy (non-hydrogen) atoms. The van der Waals surface area contributed by atoms with E-state index in [0.29, 0.717) is 0 Å². The second-order valence-electron chi connectivity index (χ2n) is 0.183. The Balaban J connectivity index is 0. The molecule has 0 aromatic heterocycles. The molecule has 0 fully saturated rings. The van der Waals surface area contributed by atoms with E-state index in [-0.39, 0.29) is 19.5 Å². The van der Waals surface area contributed by atoms with Gasteiger partial charge < -0.3 is 5.11 Å². The fourth-order valence-corrected chi connectivity index (χ4v) is 0. The van der Waals surface area contributed by atoms with E-state index < -0.39 is 0 Å². The van der Waals surface area contributed by atoms with Gasteiger partial charge in [-0.05, 0) is 0 Å². The van der Waals surface area contributed by atoms with Gasteiger partial charge in [-0.2, -0.15) is 0 Å². The van der Waals surface area contributed by atoms with E-state index in [1.807, 2.05) is 0 Å². The Kier molecular flexibility index (Phi) is 24.3. The molecule has 0 aliphatic rings. The largest absolute Gasteiger partial charge is 0.516 e. The molecule has 0 aromatic carbocycles. The van der Waals surface area contributed by atoms with Crippen molar-refractivity contribution in [2.24, 2.45) is 0 Å². The van der Waals surface area contributed by atoms with Crippen molar-refractivity contribution in [3.05, 3.63) is 12.8 Å². The Morgan fingerprint density at radius 1 is 1.75 bits per heavy atom. The maximum atomic E-state index is 7.33. The maximum absolute atomic E-state index is 7.33. The molecule has 2 heteroatoms. The van der Waals surface area contributed by atoms with Crippen LogP contribution >= 0.6 is 0 Å². The molecule has 0 aromatic rings. The summed E-state index contributed by atoms with van der Waals surface area (Å²) in [6.45, 7) is 2.92. The molecule has 0 unspecified atom stereocenters. The smallest absolute Gasteiger partial charge is 0.0719 e. The van der Waals surface area contributed by atoms with Crippen LogP contribution in [0, 0.1) is 0 Å². The number of hydrogen-bond donors (Lipinski definition) is 1. The first-order valence-electron chi connectivity index (χ1n) is 0.666. The van der Waals surface area contributed by atoms with Crippen molar-refractivity contribution >= 4 is 0 Å². The van der Waals surface area contributed by atoms with Crippen molar-refractivity contribution in [2.45, 2.75) is 0 Å². The maximum Gasteiger partial charge on any atom is 0.0719 e. The van der Waals surface area contributed by atoms with Gasteiger partial charge in [0, 0.05) is 19.5 Å². The average Bonchev–Trinajstić information content (AvgIpc) is 0.918. The molecule has 1 radical (unpaired) electrons. The third kappa shape index (κ3) is 110. The Morgan fingerprint density at radius 3 is 1.75 bits per heavy atom. The zero-order valence-electron chi connectivity index (χ0n) is 2.07. The van der Waals surface area contributed by atoms with Gasteiger partial charge >= 0.3 is 0 Å². The molecule has 1 N–H and O–H groups in total. The van der Waals surface area contributed by atoms with Crippen molar-refractivity contribution in [1.29, 1.82) is 0 Å². The molecule has 0 spiro atoms. The summed E-state index contributed by atoms with van der Waals surface area (Å²) in [7, 11) is 0. The molecule has 0 amide bonds. The third-order valence-corrected chi connectivity index (χ3v) is 0. The van der Waals surface area contributed by atoms with Gasteiger partial charge in [-0.3, -0.25) is 0 Å². The van der Waals surface area contributed by atoms with Gasteiger partial charge in [-0.25, -0.2) is 0 Å². The minimum atomic E-state index is 0. The molecular formula is C2H4ORh. The zero-order valence-corrected chi connectivity index (χ0v) is 3.70. The van der Waals surface area contributed by atoms with E-state index in [1.54, 1.807) is 0 Å². The third-order valence-electron chi connectivity index (χ3n) is 0. The van der Waals surface area contributed by atoms with Crippen LogP contribution in [0.15, 0.2) is 12.8 Å². The molecule has 0 bridgehead atoms. The van der Waals surface area contributed by atoms with E-state index in [0.717, 1.165) is 6.26 Å². The van der Waals surface area contributed by atoms with Crippen molar-refractivity contribution in [2.75, 3.05) is 0 Å². The van der Waals surface area contributed by atoms with Crippen LogP contribution in [0.25, 0.3) is 0 Å². The van der Waals surface area contributed by atoms with E-state index in [9.17, 15) is 0 Å². The first-order valence-corrected chi connectivity index (χ1v) is 0.666. The first-order chi connectivity index (χ1) is 1.41. The topological polar surface area (TPSA) is 20.2 Å². The summed E-state index contributed by atoms with van der Waals surface area (Å²) in [4.78, 5) is 0. The van der Waals surface area contributed by atoms with Gasteiger partial charge in [-0.15, -0.1) is 0 Å². The zero-order chi connectivity index (χ0) is 2.71. The molecule has 0 atom stereocenters. The van der Waals surface area contributed by atoms with E-state index in [2.05, 4.69) is 6.58 Å². The van der Waals surface area contributed by atoms with Gasteiger partial charge in [0.1, 0.15) is 0 Å². The van der Waals surface area contributed by atoms with Gasteiger partial charge in [0.05, 0.1) is 6.26 Å². The van der Waals surface area contributed by atoms with Gasteiger partial charge in [-0.1, -0.05) is 6.58 Å². The van der Waals surface area contributed by atoms with Crippen LogP contribution in [0.3, 0.4) is 0 Å². The number of rotatable bonds is 0. The van der Waals surface area contributed by atoms with E-state index in [4.69, 9.17) is 5.11 Å². The summed E-state index contributed by atoms with van der Waals surface area (Å²) < 4.78 is 0. The second kappa shape index (κ2) is 10.9. The van der Waals surface area contributed by atoms with Crippen molar-refractivity contribution in [1.82, 2.24) is 0 Å². The van der Waals surface area contributed by atoms with Crippen molar-refractivity contribution in [3.63, 3.8) is 0 Å². The molecule has 0 aliphatic carbocycles. The second-order valence-corrected chi connectivity index (χ2v) is 0.183. The summed E-state index contributed by atoms with van der Waals surface area (Å²) >= 11 is 0. The molecule has 0 rings (SSSR count). The Morgan fingerprint density at radius 2 is 1.75 bits per heavy atom. The number of aliphatic hydroxyl groups excluding tert-OH is 1. The summed E-state index contributed by atoms with van der Waals surface area (Å²) in [6, 6.07) is 0. The molecule has 27 valence electrons. The molecular weight excluding hydrogens is 143 g/mol. The Labute approximate surface area is 38.1 Å². The van der Waals surface area contributed by atoms with E-state index in [1.165, 1.54) is 0 Å². The predicted octanol–water partition coefficient (Wildman–Crippen LogP) is 0.685. The molecule has 1 nitrogen and oxygen atoms in total. The minimum absolute atomic E-state index is 0.